The molecule has 0 unspecified atom stereocenters. The largest absolute Gasteiger partial charge is 0.448 e. The van der Waals surface area contributed by atoms with Crippen LogP contribution in [0, 0.1) is 0 Å². The highest BCUT2D eigenvalue weighted by molar-refractivity contribution is 6.01. The standard InChI is InChI=1S/C18H20N4O3/c1-3-6-17-15(21-12-25-17)10-14(11-23)22-18(24)16(19-2)9-13-7-4-5-8-20-13/h4-5,7-12,19H,3,6H2,1-2H3,(H,22,24)/b14-10-,16-9-. The number of nitrogens with one attached hydrogen (secondary N) is 2. The van der Waals surface area contributed by atoms with E-state index in [9.17, 15) is 9.59 Å². The molecule has 0 radical (unpaired) electrons. The highest BCUT2D eigenvalue weighted by Gasteiger charge is 2.12. The van der Waals surface area contributed by atoms with Gasteiger partial charge in [0.05, 0.1) is 11.4 Å². The van der Waals surface area contributed by atoms with Gasteiger partial charge < -0.3 is 15.1 Å². The lowest BCUT2D eigenvalue weighted by Gasteiger charge is -2.08. The van der Waals surface area contributed by atoms with Gasteiger partial charge in [-0.2, -0.15) is 0 Å². The minimum Gasteiger partial charge on any atom is -0.448 e. The molecule has 2 N–H and O–H groups in total. The molecule has 1 amide bonds. The van der Waals surface area contributed by atoms with Gasteiger partial charge in [-0.3, -0.25) is 14.6 Å². The second-order valence-corrected chi connectivity index (χ2v) is 5.15. The topological polar surface area (TPSA) is 97.1 Å². The van der Waals surface area contributed by atoms with Crippen molar-refractivity contribution in [2.45, 2.75) is 19.8 Å². The third-order valence-electron chi connectivity index (χ3n) is 3.32. The fraction of sp³-hybridized carbons (Fsp3) is 0.222. The van der Waals surface area contributed by atoms with Crippen LogP contribution in [0.25, 0.3) is 12.2 Å². The molecule has 2 rings (SSSR count). The average Bonchev–Trinajstić information content (AvgIpc) is 3.07. The van der Waals surface area contributed by atoms with Crippen LogP contribution in [-0.2, 0) is 16.0 Å². The Morgan fingerprint density at radius 1 is 1.28 bits per heavy atom. The van der Waals surface area contributed by atoms with E-state index in [4.69, 9.17) is 4.42 Å². The number of aryl methyl sites for hydroxylation is 1. The van der Waals surface area contributed by atoms with E-state index in [2.05, 4.69) is 20.6 Å². The molecule has 25 heavy (non-hydrogen) atoms. The van der Waals surface area contributed by atoms with E-state index in [1.165, 1.54) is 12.5 Å². The number of allylic oxidation sites excluding steroid dienone is 1. The first-order valence-corrected chi connectivity index (χ1v) is 7.89. The minimum atomic E-state index is -0.452. The van der Waals surface area contributed by atoms with Crippen molar-refractivity contribution in [3.8, 4) is 0 Å². The number of likely N-dealkylation sites (N-methyl/N-ethyl adjacent to an activating group) is 1. The molecule has 2 aromatic rings. The first-order valence-electron chi connectivity index (χ1n) is 7.89. The van der Waals surface area contributed by atoms with Gasteiger partial charge in [0, 0.05) is 19.7 Å². The molecule has 0 saturated carbocycles. The molecule has 2 aromatic heterocycles. The number of nitrogens with zero attached hydrogens (tertiary/aromatic N) is 2. The summed E-state index contributed by atoms with van der Waals surface area (Å²) in [5.41, 5.74) is 1.53. The van der Waals surface area contributed by atoms with Gasteiger partial charge in [0.1, 0.15) is 17.2 Å². The van der Waals surface area contributed by atoms with E-state index in [-0.39, 0.29) is 11.4 Å². The summed E-state index contributed by atoms with van der Waals surface area (Å²) in [6.45, 7) is 2.01. The first kappa shape index (κ1) is 18.1. The number of hydrogen-bond donors (Lipinski definition) is 2. The molecule has 0 bridgehead atoms. The minimum absolute atomic E-state index is 0.0958. The van der Waals surface area contributed by atoms with Gasteiger partial charge in [0.15, 0.2) is 12.7 Å². The zero-order valence-electron chi connectivity index (χ0n) is 14.2. The van der Waals surface area contributed by atoms with Crippen molar-refractivity contribution in [1.29, 1.82) is 0 Å². The molecule has 0 atom stereocenters. The van der Waals surface area contributed by atoms with Crippen molar-refractivity contribution >= 4 is 24.3 Å². The van der Waals surface area contributed by atoms with Crippen LogP contribution in [0.5, 0.6) is 0 Å². The highest BCUT2D eigenvalue weighted by Crippen LogP contribution is 2.12. The molecule has 0 spiro atoms. The molecule has 7 heteroatoms. The predicted octanol–water partition coefficient (Wildman–Crippen LogP) is 1.94. The second kappa shape index (κ2) is 9.17. The molecule has 0 aliphatic rings. The predicted molar refractivity (Wildman–Crippen MR) is 94.0 cm³/mol. The average molecular weight is 340 g/mol. The summed E-state index contributed by atoms with van der Waals surface area (Å²) in [4.78, 5) is 31.9. The van der Waals surface area contributed by atoms with Crippen molar-refractivity contribution in [2.24, 2.45) is 0 Å². The van der Waals surface area contributed by atoms with E-state index < -0.39 is 5.91 Å². The van der Waals surface area contributed by atoms with Gasteiger partial charge in [0.2, 0.25) is 0 Å². The third kappa shape index (κ3) is 5.13. The van der Waals surface area contributed by atoms with Crippen molar-refractivity contribution in [1.82, 2.24) is 20.6 Å². The molecule has 0 aliphatic heterocycles. The van der Waals surface area contributed by atoms with Crippen LogP contribution in [0.1, 0.15) is 30.5 Å². The Kier molecular flexibility index (Phi) is 6.65. The zero-order chi connectivity index (χ0) is 18.1. The van der Waals surface area contributed by atoms with Crippen LogP contribution in [0.15, 0.2) is 46.6 Å². The van der Waals surface area contributed by atoms with Crippen molar-refractivity contribution < 1.29 is 14.0 Å². The molecular weight excluding hydrogens is 320 g/mol. The first-order chi connectivity index (χ1) is 12.2. The van der Waals surface area contributed by atoms with Crippen LogP contribution in [0.3, 0.4) is 0 Å². The Morgan fingerprint density at radius 2 is 2.12 bits per heavy atom. The summed E-state index contributed by atoms with van der Waals surface area (Å²) >= 11 is 0. The third-order valence-corrected chi connectivity index (χ3v) is 3.32. The van der Waals surface area contributed by atoms with Crippen LogP contribution in [0.2, 0.25) is 0 Å². The summed E-state index contributed by atoms with van der Waals surface area (Å²) in [6.07, 6.45) is 8.19. The van der Waals surface area contributed by atoms with Crippen molar-refractivity contribution in [2.75, 3.05) is 7.05 Å². The summed E-state index contributed by atoms with van der Waals surface area (Å²) in [6, 6.07) is 5.38. The van der Waals surface area contributed by atoms with Gasteiger partial charge in [-0.25, -0.2) is 4.98 Å². The number of pyridine rings is 1. The summed E-state index contributed by atoms with van der Waals surface area (Å²) in [5, 5.41) is 5.36. The molecule has 2 heterocycles. The van der Waals surface area contributed by atoms with Gasteiger partial charge in [-0.1, -0.05) is 13.0 Å². The van der Waals surface area contributed by atoms with Crippen molar-refractivity contribution in [3.63, 3.8) is 0 Å². The second-order valence-electron chi connectivity index (χ2n) is 5.15. The molecule has 7 nitrogen and oxygen atoms in total. The van der Waals surface area contributed by atoms with E-state index in [0.717, 1.165) is 6.42 Å². The van der Waals surface area contributed by atoms with E-state index in [0.29, 0.717) is 29.9 Å². The molecular formula is C18H20N4O3. The van der Waals surface area contributed by atoms with Crippen LogP contribution < -0.4 is 10.6 Å². The normalized spacial score (nSPS) is 11.9. The number of amides is 1. The Hall–Kier alpha value is -3.22. The smallest absolute Gasteiger partial charge is 0.271 e. The fourth-order valence-electron chi connectivity index (χ4n) is 2.12. The van der Waals surface area contributed by atoms with Gasteiger partial charge in [0.25, 0.3) is 5.91 Å². The summed E-state index contributed by atoms with van der Waals surface area (Å²) < 4.78 is 5.29. The maximum Gasteiger partial charge on any atom is 0.271 e. The molecule has 130 valence electrons. The number of oxazole rings is 1. The summed E-state index contributed by atoms with van der Waals surface area (Å²) in [5.74, 6) is 0.223. The van der Waals surface area contributed by atoms with Gasteiger partial charge >= 0.3 is 0 Å². The number of rotatable bonds is 8. The Balaban J connectivity index is 2.18. The number of carbonyl (C=O) groups excluding carboxylic acids is 2. The monoisotopic (exact) mass is 340 g/mol. The number of carbonyl (C=O) groups is 2. The van der Waals surface area contributed by atoms with E-state index in [1.54, 1.807) is 31.5 Å². The maximum atomic E-state index is 12.4. The fourth-order valence-corrected chi connectivity index (χ4v) is 2.12. The Bertz CT molecular complexity index is 779. The highest BCUT2D eigenvalue weighted by atomic mass is 16.3. The van der Waals surface area contributed by atoms with Crippen LogP contribution in [0.4, 0.5) is 0 Å². The molecule has 0 fully saturated rings. The van der Waals surface area contributed by atoms with Gasteiger partial charge in [-0.15, -0.1) is 0 Å². The molecule has 0 aliphatic carbocycles. The zero-order valence-corrected chi connectivity index (χ0v) is 14.2. The molecule has 0 saturated heterocycles. The van der Waals surface area contributed by atoms with E-state index >= 15 is 0 Å². The number of hydrogen-bond acceptors (Lipinski definition) is 6. The van der Waals surface area contributed by atoms with Crippen LogP contribution >= 0.6 is 0 Å². The lowest BCUT2D eigenvalue weighted by molar-refractivity contribution is -0.118. The van der Waals surface area contributed by atoms with Crippen molar-refractivity contribution in [3.05, 3.63) is 59.3 Å². The number of aromatic nitrogens is 2. The quantitative estimate of drug-likeness (QED) is 0.563. The lowest BCUT2D eigenvalue weighted by Crippen LogP contribution is -2.30. The SMILES string of the molecule is CCCc1ocnc1/C=C(/C=O)NC(=O)/C(=C/c1ccccn1)NC. The maximum absolute atomic E-state index is 12.4. The van der Waals surface area contributed by atoms with E-state index in [1.807, 2.05) is 13.0 Å². The lowest BCUT2D eigenvalue weighted by atomic mass is 10.2. The Labute approximate surface area is 145 Å². The summed E-state index contributed by atoms with van der Waals surface area (Å²) in [7, 11) is 1.62. The number of aldehydes is 1. The van der Waals surface area contributed by atoms with Crippen LogP contribution in [-0.4, -0.2) is 29.2 Å². The molecule has 0 aromatic carbocycles. The van der Waals surface area contributed by atoms with Gasteiger partial charge in [-0.05, 0) is 30.7 Å². The Morgan fingerprint density at radius 3 is 2.76 bits per heavy atom.